The summed E-state index contributed by atoms with van der Waals surface area (Å²) in [5, 5.41) is 3.49. The van der Waals surface area contributed by atoms with Gasteiger partial charge in [-0.3, -0.25) is 9.89 Å². The predicted octanol–water partition coefficient (Wildman–Crippen LogP) is 2.40. The number of guanidine groups is 1. The van der Waals surface area contributed by atoms with Crippen LogP contribution in [0, 0.1) is 0 Å². The number of nitrogens with zero attached hydrogens (tertiary/aromatic N) is 6. The monoisotopic (exact) mass is 533 g/mol. The Morgan fingerprint density at radius 2 is 1.90 bits per heavy atom. The summed E-state index contributed by atoms with van der Waals surface area (Å²) in [6, 6.07) is 1.87. The molecule has 2 aliphatic heterocycles. The minimum absolute atomic E-state index is 0. The van der Waals surface area contributed by atoms with Crippen LogP contribution in [-0.2, 0) is 0 Å². The third kappa shape index (κ3) is 7.75. The molecule has 3 heterocycles. The van der Waals surface area contributed by atoms with Crippen LogP contribution in [0.5, 0.6) is 0 Å². The van der Waals surface area contributed by atoms with Gasteiger partial charge in [0.15, 0.2) is 5.96 Å². The number of thioether (sulfide) groups is 1. The smallest absolute Gasteiger partial charge is 0.225 e. The van der Waals surface area contributed by atoms with E-state index in [1.807, 2.05) is 18.5 Å². The van der Waals surface area contributed by atoms with Crippen molar-refractivity contribution in [3.8, 4) is 0 Å². The lowest BCUT2D eigenvalue weighted by Crippen LogP contribution is -2.51. The molecule has 2 fully saturated rings. The Balaban J connectivity index is 0.00000300. The standard InChI is InChI=1S/C20H35N7S.HI/c1-4-21-18(27-15-16-28-20(2,3)17-27)24-9-6-10-25-11-13-26(14-12-25)19-22-7-5-8-23-19;/h5,7-8H,4,6,9-17H2,1-3H3,(H,21,24);1H. The number of halogens is 1. The summed E-state index contributed by atoms with van der Waals surface area (Å²) in [5.41, 5.74) is 0. The summed E-state index contributed by atoms with van der Waals surface area (Å²) >= 11 is 2.06. The van der Waals surface area contributed by atoms with Crippen molar-refractivity contribution in [2.75, 3.05) is 69.6 Å². The molecule has 2 saturated heterocycles. The molecule has 0 aliphatic carbocycles. The molecule has 0 atom stereocenters. The van der Waals surface area contributed by atoms with E-state index in [-0.39, 0.29) is 24.0 Å². The second-order valence-electron chi connectivity index (χ2n) is 8.00. The lowest BCUT2D eigenvalue weighted by Gasteiger charge is -2.39. The number of piperazine rings is 1. The minimum Gasteiger partial charge on any atom is -0.357 e. The number of rotatable bonds is 6. The molecule has 0 saturated carbocycles. The third-order valence-corrected chi connectivity index (χ3v) is 6.46. The van der Waals surface area contributed by atoms with Crippen molar-refractivity contribution < 1.29 is 0 Å². The molecule has 7 nitrogen and oxygen atoms in total. The molecule has 0 amide bonds. The summed E-state index contributed by atoms with van der Waals surface area (Å²) in [6.07, 6.45) is 4.73. The molecule has 3 rings (SSSR count). The van der Waals surface area contributed by atoms with Gasteiger partial charge in [-0.25, -0.2) is 9.97 Å². The molecule has 0 unspecified atom stereocenters. The molecular formula is C20H36IN7S. The van der Waals surface area contributed by atoms with Crippen molar-refractivity contribution in [1.29, 1.82) is 0 Å². The van der Waals surface area contributed by atoms with E-state index in [0.717, 1.165) is 77.2 Å². The molecule has 9 heteroatoms. The van der Waals surface area contributed by atoms with Crippen molar-refractivity contribution in [2.24, 2.45) is 4.99 Å². The first-order valence-corrected chi connectivity index (χ1v) is 11.5. The zero-order chi connectivity index (χ0) is 19.8. The first-order valence-electron chi connectivity index (χ1n) is 10.5. The molecule has 0 bridgehead atoms. The van der Waals surface area contributed by atoms with Crippen LogP contribution in [0.3, 0.4) is 0 Å². The highest BCUT2D eigenvalue weighted by molar-refractivity contribution is 14.0. The van der Waals surface area contributed by atoms with Gasteiger partial charge in [-0.05, 0) is 33.3 Å². The van der Waals surface area contributed by atoms with Gasteiger partial charge in [0.05, 0.1) is 0 Å². The maximum atomic E-state index is 4.91. The summed E-state index contributed by atoms with van der Waals surface area (Å²) in [7, 11) is 0. The maximum absolute atomic E-state index is 4.91. The zero-order valence-electron chi connectivity index (χ0n) is 18.0. The summed E-state index contributed by atoms with van der Waals surface area (Å²) < 4.78 is 0.302. The van der Waals surface area contributed by atoms with Gasteiger partial charge in [-0.1, -0.05) is 0 Å². The highest BCUT2D eigenvalue weighted by atomic mass is 127. The van der Waals surface area contributed by atoms with E-state index in [9.17, 15) is 0 Å². The van der Waals surface area contributed by atoms with Crippen LogP contribution in [0.2, 0.25) is 0 Å². The molecule has 0 spiro atoms. The van der Waals surface area contributed by atoms with Gasteiger partial charge in [0.25, 0.3) is 0 Å². The number of hydrogen-bond acceptors (Lipinski definition) is 6. The van der Waals surface area contributed by atoms with E-state index >= 15 is 0 Å². The molecule has 1 N–H and O–H groups in total. The van der Waals surface area contributed by atoms with Crippen LogP contribution in [0.15, 0.2) is 23.5 Å². The lowest BCUT2D eigenvalue weighted by molar-refractivity contribution is 0.255. The maximum Gasteiger partial charge on any atom is 0.225 e. The average molecular weight is 534 g/mol. The topological polar surface area (TPSA) is 59.9 Å². The molecule has 1 aromatic rings. The van der Waals surface area contributed by atoms with Crippen molar-refractivity contribution in [1.82, 2.24) is 25.1 Å². The highest BCUT2D eigenvalue weighted by Crippen LogP contribution is 2.29. The molecule has 164 valence electrons. The first kappa shape index (κ1) is 24.5. The number of hydrogen-bond donors (Lipinski definition) is 1. The van der Waals surface area contributed by atoms with Crippen LogP contribution in [0.25, 0.3) is 0 Å². The van der Waals surface area contributed by atoms with Crippen LogP contribution in [0.4, 0.5) is 5.95 Å². The van der Waals surface area contributed by atoms with E-state index in [0.29, 0.717) is 4.75 Å². The fourth-order valence-corrected chi connectivity index (χ4v) is 4.84. The number of aliphatic imine (C=N–C) groups is 1. The summed E-state index contributed by atoms with van der Waals surface area (Å²) in [5.74, 6) is 3.11. The van der Waals surface area contributed by atoms with E-state index in [1.54, 1.807) is 0 Å². The van der Waals surface area contributed by atoms with Crippen molar-refractivity contribution in [3.05, 3.63) is 18.5 Å². The average Bonchev–Trinajstić information content (AvgIpc) is 2.71. The van der Waals surface area contributed by atoms with Crippen molar-refractivity contribution in [3.63, 3.8) is 0 Å². The summed E-state index contributed by atoms with van der Waals surface area (Å²) in [6.45, 7) is 16.0. The molecule has 0 aromatic carbocycles. The van der Waals surface area contributed by atoms with Gasteiger partial charge >= 0.3 is 0 Å². The van der Waals surface area contributed by atoms with E-state index in [1.165, 1.54) is 5.75 Å². The number of nitrogens with one attached hydrogen (secondary N) is 1. The SMILES string of the molecule is CCNC(=NCCCN1CCN(c2ncccn2)CC1)N1CCSC(C)(C)C1.I. The molecule has 2 aliphatic rings. The van der Waals surface area contributed by atoms with E-state index in [4.69, 9.17) is 4.99 Å². The van der Waals surface area contributed by atoms with Crippen molar-refractivity contribution in [2.45, 2.75) is 31.9 Å². The highest BCUT2D eigenvalue weighted by Gasteiger charge is 2.28. The first-order chi connectivity index (χ1) is 13.6. The Bertz CT molecular complexity index is 621. The number of anilines is 1. The van der Waals surface area contributed by atoms with Gasteiger partial charge < -0.3 is 15.1 Å². The van der Waals surface area contributed by atoms with Gasteiger partial charge in [-0.15, -0.1) is 24.0 Å². The predicted molar refractivity (Wildman–Crippen MR) is 135 cm³/mol. The normalized spacial score (nSPS) is 20.3. The molecular weight excluding hydrogens is 497 g/mol. The van der Waals surface area contributed by atoms with Crippen LogP contribution >= 0.6 is 35.7 Å². The van der Waals surface area contributed by atoms with Gasteiger partial charge in [-0.2, -0.15) is 11.8 Å². The molecule has 0 radical (unpaired) electrons. The Kier molecular flexibility index (Phi) is 10.2. The van der Waals surface area contributed by atoms with E-state index < -0.39 is 0 Å². The van der Waals surface area contributed by atoms with Gasteiger partial charge in [0.1, 0.15) is 0 Å². The zero-order valence-corrected chi connectivity index (χ0v) is 21.2. The third-order valence-electron chi connectivity index (χ3n) is 5.16. The number of aromatic nitrogens is 2. The fourth-order valence-electron chi connectivity index (χ4n) is 3.73. The van der Waals surface area contributed by atoms with Crippen molar-refractivity contribution >= 4 is 47.6 Å². The Hall–Kier alpha value is -0.810. The lowest BCUT2D eigenvalue weighted by atomic mass is 10.2. The second-order valence-corrected chi connectivity index (χ2v) is 9.80. The van der Waals surface area contributed by atoms with Gasteiger partial charge in [0.2, 0.25) is 5.95 Å². The molecule has 29 heavy (non-hydrogen) atoms. The fraction of sp³-hybridized carbons (Fsp3) is 0.750. The minimum atomic E-state index is 0. The Morgan fingerprint density at radius 3 is 2.55 bits per heavy atom. The quantitative estimate of drug-likeness (QED) is 0.261. The van der Waals surface area contributed by atoms with E-state index in [2.05, 4.69) is 62.5 Å². The van der Waals surface area contributed by atoms with Crippen LogP contribution in [-0.4, -0.2) is 95.1 Å². The largest absolute Gasteiger partial charge is 0.357 e. The Morgan fingerprint density at radius 1 is 1.17 bits per heavy atom. The van der Waals surface area contributed by atoms with Gasteiger partial charge in [0, 0.05) is 81.8 Å². The second kappa shape index (κ2) is 12.1. The summed E-state index contributed by atoms with van der Waals surface area (Å²) in [4.78, 5) is 20.9. The Labute approximate surface area is 197 Å². The molecule has 1 aromatic heterocycles. The van der Waals surface area contributed by atoms with Crippen LogP contribution in [0.1, 0.15) is 27.2 Å². The van der Waals surface area contributed by atoms with Crippen LogP contribution < -0.4 is 10.2 Å².